The van der Waals surface area contributed by atoms with E-state index in [-0.39, 0.29) is 0 Å². The molecule has 1 saturated carbocycles. The van der Waals surface area contributed by atoms with Gasteiger partial charge in [-0.05, 0) is 44.0 Å². The number of hydrogen-bond donors (Lipinski definition) is 1. The minimum absolute atomic E-state index is 0.555. The summed E-state index contributed by atoms with van der Waals surface area (Å²) >= 11 is 0. The van der Waals surface area contributed by atoms with E-state index >= 15 is 0 Å². The van der Waals surface area contributed by atoms with Crippen LogP contribution in [0.3, 0.4) is 0 Å². The highest BCUT2D eigenvalue weighted by molar-refractivity contribution is 5.75. The van der Waals surface area contributed by atoms with Crippen molar-refractivity contribution in [2.75, 3.05) is 52.9 Å². The quantitative estimate of drug-likeness (QED) is 0.258. The number of allylic oxidation sites excluding steroid dienone is 1. The second-order valence-corrected chi connectivity index (χ2v) is 9.28. The first kappa shape index (κ1) is 24.6. The molecule has 0 amide bonds. The van der Waals surface area contributed by atoms with Crippen molar-refractivity contribution < 1.29 is 4.74 Å². The lowest BCUT2D eigenvalue weighted by molar-refractivity contribution is -0.111. The molecule has 1 aromatic carbocycles. The van der Waals surface area contributed by atoms with E-state index in [2.05, 4.69) is 69.1 Å². The Morgan fingerprint density at radius 3 is 2.75 bits per heavy atom. The van der Waals surface area contributed by atoms with Gasteiger partial charge in [-0.25, -0.2) is 0 Å². The number of unbranched alkanes of at least 4 members (excludes halogenated alkanes) is 1. The Balaban J connectivity index is 1.41. The van der Waals surface area contributed by atoms with Gasteiger partial charge >= 0.3 is 0 Å². The highest BCUT2D eigenvalue weighted by Gasteiger charge is 2.53. The molecule has 0 bridgehead atoms. The van der Waals surface area contributed by atoms with E-state index in [1.165, 1.54) is 31.5 Å². The molecule has 1 aliphatic heterocycles. The molecule has 0 aromatic heterocycles. The van der Waals surface area contributed by atoms with Gasteiger partial charge in [-0.15, -0.1) is 0 Å². The van der Waals surface area contributed by atoms with E-state index < -0.39 is 0 Å². The number of likely N-dealkylation sites (N-methyl/N-ethyl adjacent to an activating group) is 1. The highest BCUT2D eigenvalue weighted by Crippen LogP contribution is 2.50. The lowest BCUT2D eigenvalue weighted by Crippen LogP contribution is -2.66. The van der Waals surface area contributed by atoms with Gasteiger partial charge in [0.2, 0.25) is 0 Å². The highest BCUT2D eigenvalue weighted by atomic mass is 16.5. The molecule has 3 rings (SSSR count). The minimum Gasteiger partial charge on any atom is -0.490 e. The largest absolute Gasteiger partial charge is 0.490 e. The molecule has 6 heteroatoms. The standard InChI is InChI=1S/C26H41N5O/c1-4-5-15-32-25(18-28-3)19-29-12-14-31(13-11-27-2)24-16-26(17-24)21-30(22-26)20-23-9-7-6-8-10-23/h6-10,18-19,24,27H,3-5,11-17,20-22H2,1-2H3/b25-18+,29-19?. The molecule has 32 heavy (non-hydrogen) atoms. The first-order valence-corrected chi connectivity index (χ1v) is 12.1. The van der Waals surface area contributed by atoms with Crippen LogP contribution in [-0.2, 0) is 11.3 Å². The van der Waals surface area contributed by atoms with E-state index in [0.717, 1.165) is 45.6 Å². The number of rotatable bonds is 15. The predicted octanol–water partition coefficient (Wildman–Crippen LogP) is 3.60. The fourth-order valence-electron chi connectivity index (χ4n) is 4.92. The first-order valence-electron chi connectivity index (χ1n) is 12.1. The summed E-state index contributed by atoms with van der Waals surface area (Å²) in [6.07, 6.45) is 8.22. The average Bonchev–Trinajstić information content (AvgIpc) is 2.75. The molecule has 2 aliphatic rings. The molecule has 176 valence electrons. The van der Waals surface area contributed by atoms with Crippen LogP contribution in [-0.4, -0.2) is 81.7 Å². The number of benzene rings is 1. The smallest absolute Gasteiger partial charge is 0.155 e. The van der Waals surface area contributed by atoms with Gasteiger partial charge in [-0.1, -0.05) is 43.7 Å². The number of nitrogens with one attached hydrogen (secondary N) is 1. The van der Waals surface area contributed by atoms with Crippen molar-refractivity contribution in [3.63, 3.8) is 0 Å². The van der Waals surface area contributed by atoms with Crippen molar-refractivity contribution in [2.45, 2.75) is 45.2 Å². The maximum Gasteiger partial charge on any atom is 0.155 e. The number of aliphatic imine (C=N–C) groups is 2. The number of ether oxygens (including phenoxy) is 1. The molecular formula is C26H41N5O. The van der Waals surface area contributed by atoms with Crippen LogP contribution in [0.1, 0.15) is 38.2 Å². The van der Waals surface area contributed by atoms with E-state index in [0.29, 0.717) is 23.8 Å². The summed E-state index contributed by atoms with van der Waals surface area (Å²) in [4.78, 5) is 13.7. The molecule has 0 radical (unpaired) electrons. The monoisotopic (exact) mass is 439 g/mol. The molecular weight excluding hydrogens is 398 g/mol. The summed E-state index contributed by atoms with van der Waals surface area (Å²) in [6, 6.07) is 11.5. The summed E-state index contributed by atoms with van der Waals surface area (Å²) in [7, 11) is 2.03. The van der Waals surface area contributed by atoms with Crippen molar-refractivity contribution in [1.29, 1.82) is 0 Å². The Kier molecular flexibility index (Phi) is 9.90. The summed E-state index contributed by atoms with van der Waals surface area (Å²) in [5, 5.41) is 3.30. The van der Waals surface area contributed by atoms with Gasteiger partial charge in [-0.2, -0.15) is 0 Å². The van der Waals surface area contributed by atoms with E-state index in [1.807, 2.05) is 7.05 Å². The zero-order chi connectivity index (χ0) is 22.7. The zero-order valence-electron chi connectivity index (χ0n) is 20.0. The summed E-state index contributed by atoms with van der Waals surface area (Å²) in [5.41, 5.74) is 1.98. The molecule has 1 heterocycles. The van der Waals surface area contributed by atoms with Crippen molar-refractivity contribution in [1.82, 2.24) is 15.1 Å². The van der Waals surface area contributed by atoms with Gasteiger partial charge < -0.3 is 10.1 Å². The summed E-state index contributed by atoms with van der Waals surface area (Å²) in [6.45, 7) is 13.8. The number of likely N-dealkylation sites (tertiary alicyclic amines) is 1. The average molecular weight is 440 g/mol. The van der Waals surface area contributed by atoms with Crippen LogP contribution in [0.2, 0.25) is 0 Å². The van der Waals surface area contributed by atoms with Crippen LogP contribution in [0.4, 0.5) is 0 Å². The topological polar surface area (TPSA) is 52.5 Å². The molecule has 1 aliphatic carbocycles. The lowest BCUT2D eigenvalue weighted by Gasteiger charge is -2.61. The van der Waals surface area contributed by atoms with Crippen molar-refractivity contribution in [3.05, 3.63) is 47.9 Å². The molecule has 6 nitrogen and oxygen atoms in total. The Morgan fingerprint density at radius 2 is 2.06 bits per heavy atom. The van der Waals surface area contributed by atoms with Gasteiger partial charge in [-0.3, -0.25) is 19.8 Å². The van der Waals surface area contributed by atoms with E-state index in [1.54, 1.807) is 12.4 Å². The molecule has 1 spiro atoms. The molecule has 1 saturated heterocycles. The van der Waals surface area contributed by atoms with Crippen LogP contribution >= 0.6 is 0 Å². The second-order valence-electron chi connectivity index (χ2n) is 9.28. The Bertz CT molecular complexity index is 734. The summed E-state index contributed by atoms with van der Waals surface area (Å²) in [5.74, 6) is 0.700. The van der Waals surface area contributed by atoms with Crippen molar-refractivity contribution >= 4 is 12.9 Å². The van der Waals surface area contributed by atoms with Crippen LogP contribution in [0.25, 0.3) is 0 Å². The molecule has 0 atom stereocenters. The lowest BCUT2D eigenvalue weighted by atomic mass is 9.60. The van der Waals surface area contributed by atoms with Crippen molar-refractivity contribution in [2.24, 2.45) is 15.4 Å². The Morgan fingerprint density at radius 1 is 1.28 bits per heavy atom. The fraction of sp³-hybridized carbons (Fsp3) is 0.615. The van der Waals surface area contributed by atoms with Gasteiger partial charge in [0.25, 0.3) is 0 Å². The maximum absolute atomic E-state index is 5.73. The Hall–Kier alpha value is -2.02. The zero-order valence-corrected chi connectivity index (χ0v) is 20.0. The Labute approximate surface area is 194 Å². The van der Waals surface area contributed by atoms with Gasteiger partial charge in [0.05, 0.1) is 25.6 Å². The van der Waals surface area contributed by atoms with Gasteiger partial charge in [0.1, 0.15) is 0 Å². The normalized spacial score (nSPS) is 18.8. The molecule has 2 fully saturated rings. The van der Waals surface area contributed by atoms with Crippen LogP contribution in [0.5, 0.6) is 0 Å². The fourth-order valence-corrected chi connectivity index (χ4v) is 4.92. The number of hydrogen-bond acceptors (Lipinski definition) is 6. The van der Waals surface area contributed by atoms with E-state index in [9.17, 15) is 0 Å². The first-order chi connectivity index (χ1) is 15.7. The third-order valence-corrected chi connectivity index (χ3v) is 6.59. The van der Waals surface area contributed by atoms with E-state index in [4.69, 9.17) is 4.74 Å². The third kappa shape index (κ3) is 7.26. The SMILES string of the molecule is C=N/C=C(\C=NCCN(CCNC)C1CC2(C1)CN(Cc1ccccc1)C2)OCCCC. The third-order valence-electron chi connectivity index (χ3n) is 6.59. The van der Waals surface area contributed by atoms with Gasteiger partial charge in [0.15, 0.2) is 5.76 Å². The predicted molar refractivity (Wildman–Crippen MR) is 135 cm³/mol. The number of nitrogens with zero attached hydrogens (tertiary/aromatic N) is 4. The molecule has 1 aromatic rings. The molecule has 1 N–H and O–H groups in total. The summed E-state index contributed by atoms with van der Waals surface area (Å²) < 4.78 is 5.73. The van der Waals surface area contributed by atoms with Crippen LogP contribution < -0.4 is 5.32 Å². The second kappa shape index (κ2) is 12.9. The molecule has 0 unspecified atom stereocenters. The van der Waals surface area contributed by atoms with Crippen molar-refractivity contribution in [3.8, 4) is 0 Å². The maximum atomic E-state index is 5.73. The van der Waals surface area contributed by atoms with Crippen LogP contribution in [0, 0.1) is 5.41 Å². The van der Waals surface area contributed by atoms with Crippen LogP contribution in [0.15, 0.2) is 52.3 Å². The minimum atomic E-state index is 0.555. The van der Waals surface area contributed by atoms with Gasteiger partial charge in [0, 0.05) is 45.3 Å².